The van der Waals surface area contributed by atoms with Crippen molar-refractivity contribution in [2.75, 3.05) is 31.7 Å². The molecule has 1 saturated carbocycles. The van der Waals surface area contributed by atoms with Crippen LogP contribution in [-0.4, -0.2) is 58.9 Å². The molecule has 2 fully saturated rings. The number of fused-ring (bicyclic) bond motifs is 1. The van der Waals surface area contributed by atoms with Gasteiger partial charge in [-0.15, -0.1) is 0 Å². The SMILES string of the molecule is COc1cc(N(C2CC2)C2CCN(Cc3noc4c3COCC4)CC2)ncn1. The molecule has 0 spiro atoms. The van der Waals surface area contributed by atoms with Gasteiger partial charge in [-0.1, -0.05) is 5.16 Å². The van der Waals surface area contributed by atoms with Crippen LogP contribution in [0.3, 0.4) is 0 Å². The number of ether oxygens (including phenoxy) is 2. The van der Waals surface area contributed by atoms with Crippen LogP contribution < -0.4 is 9.64 Å². The molecule has 0 N–H and O–H groups in total. The molecule has 0 aromatic carbocycles. The molecule has 8 nitrogen and oxygen atoms in total. The first kappa shape index (κ1) is 17.9. The highest BCUT2D eigenvalue weighted by Crippen LogP contribution is 2.36. The van der Waals surface area contributed by atoms with Crippen molar-refractivity contribution < 1.29 is 14.0 Å². The Balaban J connectivity index is 1.24. The second kappa shape index (κ2) is 7.67. The van der Waals surface area contributed by atoms with Crippen molar-refractivity contribution in [2.45, 2.75) is 57.3 Å². The molecular weight excluding hydrogens is 358 g/mol. The first-order valence-corrected chi connectivity index (χ1v) is 10.2. The Morgan fingerprint density at radius 1 is 1.18 bits per heavy atom. The molecule has 4 heterocycles. The van der Waals surface area contributed by atoms with Gasteiger partial charge in [-0.3, -0.25) is 4.90 Å². The minimum absolute atomic E-state index is 0.512. The third-order valence-electron chi connectivity index (χ3n) is 6.04. The number of piperidine rings is 1. The van der Waals surface area contributed by atoms with Gasteiger partial charge in [0.1, 0.15) is 23.6 Å². The van der Waals surface area contributed by atoms with E-state index in [0.717, 1.165) is 62.8 Å². The lowest BCUT2D eigenvalue weighted by molar-refractivity contribution is 0.102. The maximum Gasteiger partial charge on any atom is 0.218 e. The predicted octanol–water partition coefficient (Wildman–Crippen LogP) is 2.18. The molecule has 5 rings (SSSR count). The van der Waals surface area contributed by atoms with E-state index in [0.29, 0.717) is 24.6 Å². The number of hydrogen-bond donors (Lipinski definition) is 0. The summed E-state index contributed by atoms with van der Waals surface area (Å²) >= 11 is 0. The van der Waals surface area contributed by atoms with Gasteiger partial charge in [0.05, 0.1) is 20.3 Å². The smallest absolute Gasteiger partial charge is 0.218 e. The fraction of sp³-hybridized carbons (Fsp3) is 0.650. The Bertz CT molecular complexity index is 814. The van der Waals surface area contributed by atoms with Gasteiger partial charge in [0.25, 0.3) is 0 Å². The van der Waals surface area contributed by atoms with Crippen molar-refractivity contribution in [1.29, 1.82) is 0 Å². The zero-order chi connectivity index (χ0) is 18.9. The molecule has 2 aromatic heterocycles. The maximum atomic E-state index is 5.59. The number of hydrogen-bond acceptors (Lipinski definition) is 8. The van der Waals surface area contributed by atoms with Crippen LogP contribution in [0.25, 0.3) is 0 Å². The van der Waals surface area contributed by atoms with E-state index in [1.54, 1.807) is 13.4 Å². The highest BCUT2D eigenvalue weighted by molar-refractivity contribution is 5.45. The van der Waals surface area contributed by atoms with Gasteiger partial charge in [0.15, 0.2) is 0 Å². The van der Waals surface area contributed by atoms with E-state index >= 15 is 0 Å². The van der Waals surface area contributed by atoms with E-state index in [4.69, 9.17) is 14.0 Å². The third kappa shape index (κ3) is 3.58. The molecule has 0 amide bonds. The summed E-state index contributed by atoms with van der Waals surface area (Å²) in [7, 11) is 1.65. The predicted molar refractivity (Wildman–Crippen MR) is 102 cm³/mol. The Labute approximate surface area is 164 Å². The molecule has 3 aliphatic rings. The van der Waals surface area contributed by atoms with Crippen LogP contribution in [0.5, 0.6) is 5.88 Å². The molecule has 0 radical (unpaired) electrons. The van der Waals surface area contributed by atoms with Crippen LogP contribution >= 0.6 is 0 Å². The van der Waals surface area contributed by atoms with Crippen molar-refractivity contribution >= 4 is 5.82 Å². The zero-order valence-electron chi connectivity index (χ0n) is 16.3. The third-order valence-corrected chi connectivity index (χ3v) is 6.04. The van der Waals surface area contributed by atoms with Crippen LogP contribution in [0, 0.1) is 0 Å². The summed E-state index contributed by atoms with van der Waals surface area (Å²) in [6, 6.07) is 3.08. The first-order valence-electron chi connectivity index (χ1n) is 10.2. The lowest BCUT2D eigenvalue weighted by Crippen LogP contribution is -2.46. The van der Waals surface area contributed by atoms with Gasteiger partial charge in [0.2, 0.25) is 5.88 Å². The number of anilines is 1. The van der Waals surface area contributed by atoms with Gasteiger partial charge >= 0.3 is 0 Å². The van der Waals surface area contributed by atoms with Crippen LogP contribution in [0.1, 0.15) is 42.7 Å². The quantitative estimate of drug-likeness (QED) is 0.749. The summed E-state index contributed by atoms with van der Waals surface area (Å²) in [4.78, 5) is 13.7. The van der Waals surface area contributed by atoms with Crippen molar-refractivity contribution in [2.24, 2.45) is 0 Å². The summed E-state index contributed by atoms with van der Waals surface area (Å²) in [5.74, 6) is 2.63. The highest BCUT2D eigenvalue weighted by Gasteiger charge is 2.37. The van der Waals surface area contributed by atoms with Gasteiger partial charge in [-0.2, -0.15) is 0 Å². The Morgan fingerprint density at radius 2 is 2.00 bits per heavy atom. The maximum absolute atomic E-state index is 5.59. The second-order valence-corrected chi connectivity index (χ2v) is 7.90. The van der Waals surface area contributed by atoms with E-state index < -0.39 is 0 Å². The Morgan fingerprint density at radius 3 is 2.79 bits per heavy atom. The van der Waals surface area contributed by atoms with Crippen molar-refractivity contribution in [3.63, 3.8) is 0 Å². The van der Waals surface area contributed by atoms with E-state index in [-0.39, 0.29) is 0 Å². The van der Waals surface area contributed by atoms with E-state index in [2.05, 4.69) is 24.9 Å². The summed E-state index contributed by atoms with van der Waals surface area (Å²) in [5.41, 5.74) is 2.22. The van der Waals surface area contributed by atoms with E-state index in [9.17, 15) is 0 Å². The van der Waals surface area contributed by atoms with E-state index in [1.807, 2.05) is 6.07 Å². The summed E-state index contributed by atoms with van der Waals surface area (Å²) in [5, 5.41) is 4.31. The minimum Gasteiger partial charge on any atom is -0.481 e. The number of likely N-dealkylation sites (tertiary alicyclic amines) is 1. The Kier molecular flexibility index (Phi) is 4.90. The van der Waals surface area contributed by atoms with Crippen molar-refractivity contribution in [1.82, 2.24) is 20.0 Å². The molecule has 2 aliphatic heterocycles. The molecule has 0 unspecified atom stereocenters. The van der Waals surface area contributed by atoms with Gasteiger partial charge in [0, 0.05) is 49.8 Å². The molecule has 1 saturated heterocycles. The minimum atomic E-state index is 0.512. The molecule has 150 valence electrons. The summed E-state index contributed by atoms with van der Waals surface area (Å²) < 4.78 is 16.4. The second-order valence-electron chi connectivity index (χ2n) is 7.90. The summed E-state index contributed by atoms with van der Waals surface area (Å²) in [6.45, 7) is 4.32. The van der Waals surface area contributed by atoms with Crippen molar-refractivity contribution in [3.8, 4) is 5.88 Å². The van der Waals surface area contributed by atoms with Gasteiger partial charge in [-0.25, -0.2) is 9.97 Å². The lowest BCUT2D eigenvalue weighted by atomic mass is 10.0. The van der Waals surface area contributed by atoms with E-state index in [1.165, 1.54) is 18.4 Å². The average molecular weight is 385 g/mol. The number of aromatic nitrogens is 3. The molecule has 8 heteroatoms. The summed E-state index contributed by atoms with van der Waals surface area (Å²) in [6.07, 6.45) is 7.19. The first-order chi connectivity index (χ1) is 13.8. The lowest BCUT2D eigenvalue weighted by Gasteiger charge is -2.39. The molecule has 2 aromatic rings. The molecule has 0 atom stereocenters. The largest absolute Gasteiger partial charge is 0.481 e. The van der Waals surface area contributed by atoms with Crippen LogP contribution in [0.4, 0.5) is 5.82 Å². The molecule has 28 heavy (non-hydrogen) atoms. The fourth-order valence-electron chi connectivity index (χ4n) is 4.38. The molecular formula is C20H27N5O3. The normalized spacial score (nSPS) is 20.8. The monoisotopic (exact) mass is 385 g/mol. The number of nitrogens with zero attached hydrogens (tertiary/aromatic N) is 5. The standard InChI is InChI=1S/C20H27N5O3/c1-26-20-10-19(21-13-22-20)25(14-2-3-14)15-4-7-24(8-5-15)11-17-16-12-27-9-6-18(16)28-23-17/h10,13-15H,2-9,11-12H2,1H3. The van der Waals surface area contributed by atoms with Crippen LogP contribution in [0.2, 0.25) is 0 Å². The van der Waals surface area contributed by atoms with Crippen LogP contribution in [-0.2, 0) is 24.3 Å². The fourth-order valence-corrected chi connectivity index (χ4v) is 4.38. The molecule has 0 bridgehead atoms. The number of methoxy groups -OCH3 is 1. The zero-order valence-corrected chi connectivity index (χ0v) is 16.3. The van der Waals surface area contributed by atoms with Gasteiger partial charge in [-0.05, 0) is 25.7 Å². The topological polar surface area (TPSA) is 76.8 Å². The van der Waals surface area contributed by atoms with Crippen LogP contribution in [0.15, 0.2) is 16.9 Å². The molecule has 1 aliphatic carbocycles. The highest BCUT2D eigenvalue weighted by atomic mass is 16.5. The average Bonchev–Trinajstić information content (AvgIpc) is 3.50. The Hall–Kier alpha value is -2.19. The van der Waals surface area contributed by atoms with Gasteiger partial charge < -0.3 is 18.9 Å². The number of rotatable bonds is 6. The van der Waals surface area contributed by atoms with Crippen molar-refractivity contribution in [3.05, 3.63) is 29.4 Å².